The number of nitrogens with zero attached hydrogens (tertiary/aromatic N) is 3. The molecule has 0 saturated carbocycles. The fourth-order valence-corrected chi connectivity index (χ4v) is 2.27. The molecule has 2 heterocycles. The minimum absolute atomic E-state index is 0.128. The number of amides is 1. The summed E-state index contributed by atoms with van der Waals surface area (Å²) in [5.74, 6) is -1.36. The van der Waals surface area contributed by atoms with Crippen LogP contribution in [0.3, 0.4) is 0 Å². The van der Waals surface area contributed by atoms with Gasteiger partial charge in [-0.2, -0.15) is 0 Å². The van der Waals surface area contributed by atoms with Gasteiger partial charge >= 0.3 is 5.97 Å². The van der Waals surface area contributed by atoms with Gasteiger partial charge in [-0.3, -0.25) is 4.79 Å². The molecular formula is C10H9ClN4O3S. The van der Waals surface area contributed by atoms with Crippen LogP contribution in [0.15, 0.2) is 18.3 Å². The first-order valence-corrected chi connectivity index (χ1v) is 6.42. The van der Waals surface area contributed by atoms with Crippen molar-refractivity contribution >= 4 is 34.8 Å². The standard InChI is InChI=1S/C10H9ClN4O3S/c11-8-2-1-7(19-8)9(16)12-3-4-15-5-6(10(17)18)13-14-15/h1-2,5H,3-4H2,(H,12,16)(H,17,18). The van der Waals surface area contributed by atoms with Crippen LogP contribution >= 0.6 is 22.9 Å². The molecule has 0 saturated heterocycles. The Hall–Kier alpha value is -1.93. The molecular weight excluding hydrogens is 292 g/mol. The van der Waals surface area contributed by atoms with Gasteiger partial charge in [0.15, 0.2) is 5.69 Å². The molecule has 0 fully saturated rings. The van der Waals surface area contributed by atoms with Gasteiger partial charge in [0.2, 0.25) is 0 Å². The minimum Gasteiger partial charge on any atom is -0.476 e. The van der Waals surface area contributed by atoms with Crippen molar-refractivity contribution < 1.29 is 14.7 Å². The van der Waals surface area contributed by atoms with Crippen LogP contribution in [-0.2, 0) is 6.54 Å². The van der Waals surface area contributed by atoms with Gasteiger partial charge < -0.3 is 10.4 Å². The highest BCUT2D eigenvalue weighted by Crippen LogP contribution is 2.20. The highest BCUT2D eigenvalue weighted by molar-refractivity contribution is 7.17. The lowest BCUT2D eigenvalue weighted by Crippen LogP contribution is -2.26. The third-order valence-electron chi connectivity index (χ3n) is 2.18. The summed E-state index contributed by atoms with van der Waals surface area (Å²) < 4.78 is 1.90. The minimum atomic E-state index is -1.14. The normalized spacial score (nSPS) is 10.4. The second-order valence-corrected chi connectivity index (χ2v) is 5.25. The molecule has 0 aliphatic heterocycles. The van der Waals surface area contributed by atoms with Crippen LogP contribution in [0, 0.1) is 0 Å². The van der Waals surface area contributed by atoms with E-state index in [0.717, 1.165) is 0 Å². The number of hydrogen-bond donors (Lipinski definition) is 2. The smallest absolute Gasteiger partial charge is 0.358 e. The summed E-state index contributed by atoms with van der Waals surface area (Å²) in [6, 6.07) is 3.29. The average Bonchev–Trinajstić information content (AvgIpc) is 2.98. The highest BCUT2D eigenvalue weighted by atomic mass is 35.5. The molecule has 9 heteroatoms. The fourth-order valence-electron chi connectivity index (χ4n) is 1.31. The van der Waals surface area contributed by atoms with Crippen LogP contribution in [0.5, 0.6) is 0 Å². The first-order chi connectivity index (χ1) is 9.06. The lowest BCUT2D eigenvalue weighted by atomic mass is 10.4. The third-order valence-corrected chi connectivity index (χ3v) is 3.41. The van der Waals surface area contributed by atoms with Crippen molar-refractivity contribution in [1.82, 2.24) is 20.3 Å². The van der Waals surface area contributed by atoms with Crippen molar-refractivity contribution in [2.45, 2.75) is 6.54 Å². The van der Waals surface area contributed by atoms with E-state index in [4.69, 9.17) is 16.7 Å². The van der Waals surface area contributed by atoms with Crippen LogP contribution in [0.25, 0.3) is 0 Å². The van der Waals surface area contributed by atoms with Crippen LogP contribution < -0.4 is 5.32 Å². The van der Waals surface area contributed by atoms with Crippen molar-refractivity contribution in [2.75, 3.05) is 6.54 Å². The average molecular weight is 301 g/mol. The molecule has 0 unspecified atom stereocenters. The van der Waals surface area contributed by atoms with Gasteiger partial charge in [-0.1, -0.05) is 16.8 Å². The van der Waals surface area contributed by atoms with Crippen LogP contribution in [0.1, 0.15) is 20.2 Å². The predicted octanol–water partition coefficient (Wildman–Crippen LogP) is 1.12. The number of aromatic nitrogens is 3. The molecule has 0 spiro atoms. The summed E-state index contributed by atoms with van der Waals surface area (Å²) in [6.45, 7) is 0.655. The topological polar surface area (TPSA) is 97.1 Å². The molecule has 0 atom stereocenters. The van der Waals surface area contributed by atoms with Gasteiger partial charge in [0, 0.05) is 6.54 Å². The number of carboxylic acid groups (broad SMARTS) is 1. The molecule has 2 rings (SSSR count). The van der Waals surface area contributed by atoms with Crippen molar-refractivity contribution in [3.05, 3.63) is 33.2 Å². The Morgan fingerprint density at radius 3 is 2.84 bits per heavy atom. The van der Waals surface area contributed by atoms with Gasteiger partial charge in [0.1, 0.15) is 0 Å². The van der Waals surface area contributed by atoms with Crippen molar-refractivity contribution in [1.29, 1.82) is 0 Å². The van der Waals surface area contributed by atoms with Gasteiger partial charge in [-0.15, -0.1) is 16.4 Å². The maximum atomic E-state index is 11.7. The fraction of sp³-hybridized carbons (Fsp3) is 0.200. The summed E-state index contributed by atoms with van der Waals surface area (Å²) in [4.78, 5) is 22.8. The number of aromatic carboxylic acids is 1. The molecule has 2 aromatic rings. The first-order valence-electron chi connectivity index (χ1n) is 5.23. The zero-order valence-electron chi connectivity index (χ0n) is 9.54. The van der Waals surface area contributed by atoms with Crippen LogP contribution in [0.2, 0.25) is 4.34 Å². The van der Waals surface area contributed by atoms with Crippen LogP contribution in [-0.4, -0.2) is 38.5 Å². The van der Waals surface area contributed by atoms with Crippen molar-refractivity contribution in [3.8, 4) is 0 Å². The van der Waals surface area contributed by atoms with Gasteiger partial charge in [0.25, 0.3) is 5.91 Å². The number of hydrogen-bond acceptors (Lipinski definition) is 5. The summed E-state index contributed by atoms with van der Waals surface area (Å²) >= 11 is 6.92. The zero-order chi connectivity index (χ0) is 13.8. The van der Waals surface area contributed by atoms with Gasteiger partial charge in [0.05, 0.1) is 22.0 Å². The van der Waals surface area contributed by atoms with Crippen molar-refractivity contribution in [3.63, 3.8) is 0 Å². The number of nitrogens with one attached hydrogen (secondary N) is 1. The Labute approximate surface area is 116 Å². The number of carboxylic acids is 1. The van der Waals surface area contributed by atoms with E-state index in [9.17, 15) is 9.59 Å². The number of carbonyl (C=O) groups excluding carboxylic acids is 1. The van der Waals surface area contributed by atoms with E-state index in [-0.39, 0.29) is 11.6 Å². The van der Waals surface area contributed by atoms with E-state index in [1.54, 1.807) is 12.1 Å². The molecule has 19 heavy (non-hydrogen) atoms. The predicted molar refractivity (Wildman–Crippen MR) is 68.6 cm³/mol. The van der Waals surface area contributed by atoms with E-state index >= 15 is 0 Å². The Bertz CT molecular complexity index is 609. The maximum Gasteiger partial charge on any atom is 0.358 e. The quantitative estimate of drug-likeness (QED) is 0.862. The van der Waals surface area contributed by atoms with E-state index in [0.29, 0.717) is 22.3 Å². The summed E-state index contributed by atoms with van der Waals surface area (Å²) in [5, 5.41) is 18.4. The molecule has 0 bridgehead atoms. The van der Waals surface area contributed by atoms with E-state index in [1.165, 1.54) is 22.2 Å². The lowest BCUT2D eigenvalue weighted by molar-refractivity contribution is 0.0690. The summed E-state index contributed by atoms with van der Waals surface area (Å²) in [5.41, 5.74) is -0.128. The summed E-state index contributed by atoms with van der Waals surface area (Å²) in [6.07, 6.45) is 1.30. The SMILES string of the molecule is O=C(O)c1cn(CCNC(=O)c2ccc(Cl)s2)nn1. The molecule has 100 valence electrons. The zero-order valence-corrected chi connectivity index (χ0v) is 11.1. The van der Waals surface area contributed by atoms with Gasteiger partial charge in [-0.25, -0.2) is 9.48 Å². The number of thiophene rings is 1. The van der Waals surface area contributed by atoms with Crippen molar-refractivity contribution in [2.24, 2.45) is 0 Å². The van der Waals surface area contributed by atoms with E-state index in [2.05, 4.69) is 15.6 Å². The van der Waals surface area contributed by atoms with E-state index in [1.807, 2.05) is 0 Å². The molecule has 7 nitrogen and oxygen atoms in total. The first kappa shape index (κ1) is 13.5. The van der Waals surface area contributed by atoms with Crippen LogP contribution in [0.4, 0.5) is 0 Å². The molecule has 0 aliphatic carbocycles. The lowest BCUT2D eigenvalue weighted by Gasteiger charge is -2.02. The Morgan fingerprint density at radius 1 is 1.47 bits per heavy atom. The largest absolute Gasteiger partial charge is 0.476 e. The molecule has 1 amide bonds. The second-order valence-electron chi connectivity index (χ2n) is 3.53. The number of carbonyl (C=O) groups is 2. The third kappa shape index (κ3) is 3.52. The van der Waals surface area contributed by atoms with E-state index < -0.39 is 5.97 Å². The number of rotatable bonds is 5. The molecule has 2 N–H and O–H groups in total. The molecule has 0 radical (unpaired) electrons. The molecule has 0 aromatic carbocycles. The highest BCUT2D eigenvalue weighted by Gasteiger charge is 2.10. The Kier molecular flexibility index (Phi) is 4.13. The summed E-state index contributed by atoms with van der Waals surface area (Å²) in [7, 11) is 0. The second kappa shape index (κ2) is 5.81. The Balaban J connectivity index is 1.83. The monoisotopic (exact) mass is 300 g/mol. The maximum absolute atomic E-state index is 11.7. The molecule has 2 aromatic heterocycles. The Morgan fingerprint density at radius 2 is 2.26 bits per heavy atom. The van der Waals surface area contributed by atoms with Gasteiger partial charge in [-0.05, 0) is 12.1 Å². The number of halogens is 1. The molecule has 0 aliphatic rings.